The number of aliphatic hydroxyl groups is 1. The Morgan fingerprint density at radius 3 is 2.86 bits per heavy atom. The lowest BCUT2D eigenvalue weighted by atomic mass is 10.6. The molecule has 0 spiro atoms. The molecule has 0 rings (SSSR count). The molecule has 40 valence electrons. The topological polar surface area (TPSA) is 32.6 Å². The Morgan fingerprint density at radius 1 is 1.71 bits per heavy atom. The first-order valence-electron chi connectivity index (χ1n) is 2.13. The van der Waals surface area contributed by atoms with Crippen molar-refractivity contribution >= 4 is 6.21 Å². The fraction of sp³-hybridized carbons (Fsp3) is 0.400. The molecule has 0 aliphatic rings. The van der Waals surface area contributed by atoms with Crippen molar-refractivity contribution in [3.63, 3.8) is 0 Å². The highest BCUT2D eigenvalue weighted by atomic mass is 16.3. The number of aliphatic hydroxyl groups excluding tert-OH is 1. The summed E-state index contributed by atoms with van der Waals surface area (Å²) in [7, 11) is 0. The van der Waals surface area contributed by atoms with Crippen LogP contribution in [0.5, 0.6) is 0 Å². The highest BCUT2D eigenvalue weighted by molar-refractivity contribution is 5.69. The molecule has 0 unspecified atom stereocenters. The Balaban J connectivity index is 2.92. The normalized spacial score (nSPS) is 9.86. The lowest BCUT2D eigenvalue weighted by molar-refractivity contribution is 0.307. The van der Waals surface area contributed by atoms with Gasteiger partial charge >= 0.3 is 0 Å². The van der Waals surface area contributed by atoms with Gasteiger partial charge in [-0.05, 0) is 0 Å². The van der Waals surface area contributed by atoms with E-state index in [0.717, 1.165) is 0 Å². The summed E-state index contributed by atoms with van der Waals surface area (Å²) in [5.74, 6) is 0. The fourth-order valence-corrected chi connectivity index (χ4v) is 0.207. The van der Waals surface area contributed by atoms with Crippen LogP contribution in [0.15, 0.2) is 17.6 Å². The second-order valence-corrected chi connectivity index (χ2v) is 1.01. The first-order chi connectivity index (χ1) is 3.41. The van der Waals surface area contributed by atoms with Gasteiger partial charge in [-0.25, -0.2) is 0 Å². The van der Waals surface area contributed by atoms with Crippen LogP contribution in [0.1, 0.15) is 0 Å². The summed E-state index contributed by atoms with van der Waals surface area (Å²) < 4.78 is 0. The minimum absolute atomic E-state index is 0.115. The van der Waals surface area contributed by atoms with Gasteiger partial charge < -0.3 is 5.11 Å². The van der Waals surface area contributed by atoms with Crippen molar-refractivity contribution in [2.75, 3.05) is 13.2 Å². The fourth-order valence-electron chi connectivity index (χ4n) is 0.207. The van der Waals surface area contributed by atoms with Gasteiger partial charge in [0.2, 0.25) is 0 Å². The second-order valence-electron chi connectivity index (χ2n) is 1.01. The molecule has 0 aliphatic carbocycles. The largest absolute Gasteiger partial charge is 0.394 e. The molecule has 7 heavy (non-hydrogen) atoms. The number of aliphatic imine (C=N–C) groups is 1. The van der Waals surface area contributed by atoms with Crippen LogP contribution in [-0.4, -0.2) is 24.5 Å². The predicted octanol–water partition coefficient (Wildman–Crippen LogP) is 0.235. The zero-order chi connectivity index (χ0) is 5.54. The molecule has 0 saturated heterocycles. The molecule has 0 fully saturated rings. The third-order valence-corrected chi connectivity index (χ3v) is 0.440. The number of allylic oxidation sites excluding steroid dienone is 1. The van der Waals surface area contributed by atoms with Crippen LogP contribution in [0, 0.1) is 0 Å². The molecule has 0 aromatic heterocycles. The zero-order valence-electron chi connectivity index (χ0n) is 4.17. The summed E-state index contributed by atoms with van der Waals surface area (Å²) in [6.45, 7) is 4.00. The number of hydrogen-bond acceptors (Lipinski definition) is 2. The van der Waals surface area contributed by atoms with E-state index in [-0.39, 0.29) is 6.61 Å². The molecule has 0 aliphatic heterocycles. The summed E-state index contributed by atoms with van der Waals surface area (Å²) in [6.07, 6.45) is 3.14. The van der Waals surface area contributed by atoms with Crippen LogP contribution in [0.25, 0.3) is 0 Å². The van der Waals surface area contributed by atoms with Crippen molar-refractivity contribution in [3.05, 3.63) is 12.7 Å². The first-order valence-corrected chi connectivity index (χ1v) is 2.13. The van der Waals surface area contributed by atoms with E-state index in [9.17, 15) is 0 Å². The Morgan fingerprint density at radius 2 is 2.43 bits per heavy atom. The summed E-state index contributed by atoms with van der Waals surface area (Å²) in [5, 5.41) is 8.14. The van der Waals surface area contributed by atoms with Crippen LogP contribution >= 0.6 is 0 Å². The van der Waals surface area contributed by atoms with Crippen LogP contribution in [-0.2, 0) is 0 Å². The molecule has 2 nitrogen and oxygen atoms in total. The number of hydrogen-bond donors (Lipinski definition) is 1. The lowest BCUT2D eigenvalue weighted by Gasteiger charge is -1.78. The zero-order valence-corrected chi connectivity index (χ0v) is 4.17. The smallest absolute Gasteiger partial charge is 0.0626 e. The average Bonchev–Trinajstić information content (AvgIpc) is 1.69. The highest BCUT2D eigenvalue weighted by Crippen LogP contribution is 1.63. The third-order valence-electron chi connectivity index (χ3n) is 0.440. The maximum absolute atomic E-state index is 8.14. The van der Waals surface area contributed by atoms with Gasteiger partial charge in [0.1, 0.15) is 0 Å². The summed E-state index contributed by atoms with van der Waals surface area (Å²) in [4.78, 5) is 3.72. The van der Waals surface area contributed by atoms with Crippen molar-refractivity contribution in [3.8, 4) is 0 Å². The molecule has 0 atom stereocenters. The van der Waals surface area contributed by atoms with Crippen LogP contribution in [0.3, 0.4) is 0 Å². The molecule has 0 bridgehead atoms. The maximum Gasteiger partial charge on any atom is 0.0626 e. The molecule has 0 saturated carbocycles. The highest BCUT2D eigenvalue weighted by Gasteiger charge is 1.67. The van der Waals surface area contributed by atoms with Gasteiger partial charge in [0.25, 0.3) is 0 Å². The van der Waals surface area contributed by atoms with Gasteiger partial charge in [-0.3, -0.25) is 4.99 Å². The van der Waals surface area contributed by atoms with Crippen molar-refractivity contribution in [1.82, 2.24) is 0 Å². The summed E-state index contributed by atoms with van der Waals surface area (Å²) >= 11 is 0. The average molecular weight is 99.1 g/mol. The first kappa shape index (κ1) is 6.37. The van der Waals surface area contributed by atoms with Gasteiger partial charge in [-0.2, -0.15) is 0 Å². The molecule has 0 aromatic rings. The van der Waals surface area contributed by atoms with E-state index < -0.39 is 0 Å². The van der Waals surface area contributed by atoms with Gasteiger partial charge in [0.05, 0.1) is 13.2 Å². The lowest BCUT2D eigenvalue weighted by Crippen LogP contribution is -1.85. The van der Waals surface area contributed by atoms with E-state index >= 15 is 0 Å². The van der Waals surface area contributed by atoms with Gasteiger partial charge in [-0.1, -0.05) is 12.7 Å². The van der Waals surface area contributed by atoms with Crippen molar-refractivity contribution < 1.29 is 5.11 Å². The molecule has 0 heterocycles. The Labute approximate surface area is 43.2 Å². The van der Waals surface area contributed by atoms with E-state index in [0.29, 0.717) is 6.54 Å². The van der Waals surface area contributed by atoms with Crippen LogP contribution < -0.4 is 0 Å². The van der Waals surface area contributed by atoms with Gasteiger partial charge in [-0.15, -0.1) is 0 Å². The maximum atomic E-state index is 8.14. The standard InChI is InChI=1S/C5H9NO/c1-2-3-6-4-5-7/h2-3,7H,1,4-5H2. The van der Waals surface area contributed by atoms with E-state index in [4.69, 9.17) is 5.11 Å². The van der Waals surface area contributed by atoms with E-state index in [1.165, 1.54) is 0 Å². The molecular weight excluding hydrogens is 90.1 g/mol. The Hall–Kier alpha value is -0.630. The van der Waals surface area contributed by atoms with E-state index in [1.54, 1.807) is 12.3 Å². The quantitative estimate of drug-likeness (QED) is 0.505. The number of rotatable bonds is 3. The molecule has 0 amide bonds. The van der Waals surface area contributed by atoms with Crippen molar-refractivity contribution in [2.24, 2.45) is 4.99 Å². The van der Waals surface area contributed by atoms with Crippen LogP contribution in [0.4, 0.5) is 0 Å². The summed E-state index contributed by atoms with van der Waals surface area (Å²) in [6, 6.07) is 0. The monoisotopic (exact) mass is 99.1 g/mol. The van der Waals surface area contributed by atoms with E-state index in [2.05, 4.69) is 11.6 Å². The Bertz CT molecular complexity index is 68.5. The summed E-state index contributed by atoms with van der Waals surface area (Å²) in [5.41, 5.74) is 0. The molecule has 0 radical (unpaired) electrons. The third kappa shape index (κ3) is 5.37. The second kappa shape index (κ2) is 5.37. The molecular formula is C5H9NO. The molecule has 0 aromatic carbocycles. The van der Waals surface area contributed by atoms with Crippen molar-refractivity contribution in [2.45, 2.75) is 0 Å². The Kier molecular flexibility index (Phi) is 4.89. The SMILES string of the molecule is C=CC=NCCO. The minimum atomic E-state index is 0.115. The minimum Gasteiger partial charge on any atom is -0.394 e. The van der Waals surface area contributed by atoms with Crippen molar-refractivity contribution in [1.29, 1.82) is 0 Å². The molecule has 1 N–H and O–H groups in total. The van der Waals surface area contributed by atoms with Crippen LogP contribution in [0.2, 0.25) is 0 Å². The predicted molar refractivity (Wildman–Crippen MR) is 30.6 cm³/mol. The molecule has 2 heteroatoms. The van der Waals surface area contributed by atoms with Gasteiger partial charge in [0.15, 0.2) is 0 Å². The van der Waals surface area contributed by atoms with E-state index in [1.807, 2.05) is 0 Å². The number of nitrogens with zero attached hydrogens (tertiary/aromatic N) is 1. The van der Waals surface area contributed by atoms with Gasteiger partial charge in [0, 0.05) is 6.21 Å².